The number of nitrogens with zero attached hydrogens (tertiary/aromatic N) is 1. The monoisotopic (exact) mass is 248 g/mol. The van der Waals surface area contributed by atoms with Gasteiger partial charge < -0.3 is 15.2 Å². The Bertz CT molecular complexity index is 461. The molecule has 0 aliphatic carbocycles. The molecular formula is C14H20N2O2. The Labute approximate surface area is 108 Å². The lowest BCUT2D eigenvalue weighted by atomic mass is 9.97. The zero-order valence-electron chi connectivity index (χ0n) is 11.0. The Morgan fingerprint density at radius 2 is 2.11 bits per heavy atom. The SMILES string of the molecule is Cc1ccc(C2CC(CN)CN2C)c2c1OCO2. The second-order valence-corrected chi connectivity index (χ2v) is 5.33. The minimum absolute atomic E-state index is 0.337. The van der Waals surface area contributed by atoms with Gasteiger partial charge in [0.1, 0.15) is 0 Å². The number of likely N-dealkylation sites (tertiary alicyclic amines) is 1. The summed E-state index contributed by atoms with van der Waals surface area (Å²) in [4.78, 5) is 2.37. The van der Waals surface area contributed by atoms with Crippen molar-refractivity contribution in [3.8, 4) is 11.5 Å². The summed E-state index contributed by atoms with van der Waals surface area (Å²) >= 11 is 0. The van der Waals surface area contributed by atoms with Crippen LogP contribution in [0.2, 0.25) is 0 Å². The molecule has 4 nitrogen and oxygen atoms in total. The van der Waals surface area contributed by atoms with Gasteiger partial charge in [-0.1, -0.05) is 12.1 Å². The van der Waals surface area contributed by atoms with E-state index in [2.05, 4.69) is 31.0 Å². The summed E-state index contributed by atoms with van der Waals surface area (Å²) in [6.07, 6.45) is 1.10. The highest BCUT2D eigenvalue weighted by Gasteiger charge is 2.34. The molecule has 1 aromatic rings. The van der Waals surface area contributed by atoms with Gasteiger partial charge >= 0.3 is 0 Å². The fourth-order valence-corrected chi connectivity index (χ4v) is 3.05. The first-order valence-electron chi connectivity index (χ1n) is 6.50. The predicted molar refractivity (Wildman–Crippen MR) is 69.8 cm³/mol. The van der Waals surface area contributed by atoms with Crippen molar-refractivity contribution >= 4 is 0 Å². The van der Waals surface area contributed by atoms with Crippen LogP contribution in [-0.2, 0) is 0 Å². The lowest BCUT2D eigenvalue weighted by Crippen LogP contribution is -2.20. The van der Waals surface area contributed by atoms with Crippen molar-refractivity contribution in [2.75, 3.05) is 26.9 Å². The van der Waals surface area contributed by atoms with Crippen LogP contribution in [0.4, 0.5) is 0 Å². The van der Waals surface area contributed by atoms with Crippen LogP contribution in [0.5, 0.6) is 11.5 Å². The van der Waals surface area contributed by atoms with Crippen LogP contribution in [0.3, 0.4) is 0 Å². The number of nitrogens with two attached hydrogens (primary N) is 1. The summed E-state index contributed by atoms with van der Waals surface area (Å²) in [6, 6.07) is 4.68. The molecular weight excluding hydrogens is 228 g/mol. The average molecular weight is 248 g/mol. The molecule has 2 aliphatic heterocycles. The van der Waals surface area contributed by atoms with E-state index in [1.165, 1.54) is 5.56 Å². The van der Waals surface area contributed by atoms with Gasteiger partial charge in [0.05, 0.1) is 0 Å². The van der Waals surface area contributed by atoms with E-state index in [1.54, 1.807) is 0 Å². The molecule has 18 heavy (non-hydrogen) atoms. The molecule has 98 valence electrons. The van der Waals surface area contributed by atoms with Gasteiger partial charge in [-0.25, -0.2) is 0 Å². The third-order valence-electron chi connectivity index (χ3n) is 4.07. The van der Waals surface area contributed by atoms with Crippen molar-refractivity contribution in [2.24, 2.45) is 11.7 Å². The van der Waals surface area contributed by atoms with Crippen molar-refractivity contribution in [3.63, 3.8) is 0 Å². The van der Waals surface area contributed by atoms with Gasteiger partial charge in [-0.2, -0.15) is 0 Å². The number of ether oxygens (including phenoxy) is 2. The number of hydrogen-bond acceptors (Lipinski definition) is 4. The fraction of sp³-hybridized carbons (Fsp3) is 0.571. The molecule has 3 rings (SSSR count). The Hall–Kier alpha value is -1.26. The molecule has 2 atom stereocenters. The molecule has 2 heterocycles. The first kappa shape index (κ1) is 11.8. The van der Waals surface area contributed by atoms with Crippen molar-refractivity contribution < 1.29 is 9.47 Å². The third-order valence-corrected chi connectivity index (χ3v) is 4.07. The standard InChI is InChI=1S/C14H20N2O2/c1-9-3-4-11(14-13(9)17-8-18-14)12-5-10(6-15)7-16(12)2/h3-4,10,12H,5-8,15H2,1-2H3. The minimum atomic E-state index is 0.337. The summed E-state index contributed by atoms with van der Waals surface area (Å²) in [7, 11) is 2.16. The zero-order chi connectivity index (χ0) is 12.7. The Kier molecular flexibility index (Phi) is 2.92. The molecule has 0 radical (unpaired) electrons. The molecule has 0 amide bonds. The largest absolute Gasteiger partial charge is 0.453 e. The van der Waals surface area contributed by atoms with Crippen molar-refractivity contribution in [3.05, 3.63) is 23.3 Å². The van der Waals surface area contributed by atoms with Gasteiger partial charge in [0.2, 0.25) is 6.79 Å². The van der Waals surface area contributed by atoms with Gasteiger partial charge in [0, 0.05) is 18.2 Å². The molecule has 2 aliphatic rings. The van der Waals surface area contributed by atoms with Gasteiger partial charge in [-0.15, -0.1) is 0 Å². The van der Waals surface area contributed by atoms with E-state index < -0.39 is 0 Å². The molecule has 2 unspecified atom stereocenters. The third kappa shape index (κ3) is 1.76. The van der Waals surface area contributed by atoms with Gasteiger partial charge in [-0.05, 0) is 38.4 Å². The molecule has 0 saturated carbocycles. The number of benzene rings is 1. The van der Waals surface area contributed by atoms with E-state index in [4.69, 9.17) is 15.2 Å². The molecule has 2 N–H and O–H groups in total. The smallest absolute Gasteiger partial charge is 0.231 e. The molecule has 1 saturated heterocycles. The molecule has 4 heteroatoms. The van der Waals surface area contributed by atoms with Crippen molar-refractivity contribution in [1.29, 1.82) is 0 Å². The second kappa shape index (κ2) is 4.44. The molecule has 0 spiro atoms. The first-order chi connectivity index (χ1) is 8.70. The van der Waals surface area contributed by atoms with Crippen LogP contribution in [0, 0.1) is 12.8 Å². The van der Waals surface area contributed by atoms with Crippen LogP contribution >= 0.6 is 0 Å². The van der Waals surface area contributed by atoms with Crippen LogP contribution in [0.25, 0.3) is 0 Å². The lowest BCUT2D eigenvalue weighted by molar-refractivity contribution is 0.171. The Morgan fingerprint density at radius 1 is 1.33 bits per heavy atom. The van der Waals surface area contributed by atoms with Gasteiger partial charge in [0.25, 0.3) is 0 Å². The number of rotatable bonds is 2. The number of hydrogen-bond donors (Lipinski definition) is 1. The highest BCUT2D eigenvalue weighted by atomic mass is 16.7. The molecule has 1 aromatic carbocycles. The summed E-state index contributed by atoms with van der Waals surface area (Å²) < 4.78 is 11.2. The van der Waals surface area contributed by atoms with E-state index >= 15 is 0 Å². The maximum Gasteiger partial charge on any atom is 0.231 e. The Morgan fingerprint density at radius 3 is 2.83 bits per heavy atom. The highest BCUT2D eigenvalue weighted by Crippen LogP contribution is 2.45. The van der Waals surface area contributed by atoms with Crippen LogP contribution in [0.1, 0.15) is 23.6 Å². The van der Waals surface area contributed by atoms with E-state index in [0.717, 1.165) is 36.6 Å². The van der Waals surface area contributed by atoms with Crippen LogP contribution in [-0.4, -0.2) is 31.8 Å². The number of aryl methyl sites for hydroxylation is 1. The average Bonchev–Trinajstić information content (AvgIpc) is 2.97. The van der Waals surface area contributed by atoms with E-state index in [9.17, 15) is 0 Å². The van der Waals surface area contributed by atoms with E-state index in [0.29, 0.717) is 18.8 Å². The highest BCUT2D eigenvalue weighted by molar-refractivity contribution is 5.54. The van der Waals surface area contributed by atoms with E-state index in [-0.39, 0.29) is 0 Å². The zero-order valence-corrected chi connectivity index (χ0v) is 11.0. The van der Waals surface area contributed by atoms with E-state index in [1.807, 2.05) is 0 Å². The van der Waals surface area contributed by atoms with Gasteiger partial charge in [-0.3, -0.25) is 4.90 Å². The Balaban J connectivity index is 1.96. The second-order valence-electron chi connectivity index (χ2n) is 5.33. The molecule has 0 bridgehead atoms. The number of fused-ring (bicyclic) bond motifs is 1. The normalized spacial score (nSPS) is 26.8. The minimum Gasteiger partial charge on any atom is -0.453 e. The summed E-state index contributed by atoms with van der Waals surface area (Å²) in [5, 5.41) is 0. The summed E-state index contributed by atoms with van der Waals surface area (Å²) in [5.41, 5.74) is 8.17. The fourth-order valence-electron chi connectivity index (χ4n) is 3.05. The quantitative estimate of drug-likeness (QED) is 0.865. The predicted octanol–water partition coefficient (Wildman–Crippen LogP) is 1.68. The topological polar surface area (TPSA) is 47.7 Å². The summed E-state index contributed by atoms with van der Waals surface area (Å²) in [6.45, 7) is 4.21. The molecule has 0 aromatic heterocycles. The maximum atomic E-state index is 5.79. The molecule has 1 fully saturated rings. The maximum absolute atomic E-state index is 5.79. The van der Waals surface area contributed by atoms with Crippen LogP contribution < -0.4 is 15.2 Å². The van der Waals surface area contributed by atoms with Crippen molar-refractivity contribution in [2.45, 2.75) is 19.4 Å². The van der Waals surface area contributed by atoms with Crippen LogP contribution in [0.15, 0.2) is 12.1 Å². The van der Waals surface area contributed by atoms with Crippen molar-refractivity contribution in [1.82, 2.24) is 4.90 Å². The lowest BCUT2D eigenvalue weighted by Gasteiger charge is -2.21. The summed E-state index contributed by atoms with van der Waals surface area (Å²) in [5.74, 6) is 2.43. The first-order valence-corrected chi connectivity index (χ1v) is 6.50. The van der Waals surface area contributed by atoms with Gasteiger partial charge in [0.15, 0.2) is 11.5 Å².